The molecule has 5 nitrogen and oxygen atoms in total. The largest absolute Gasteiger partial charge is 0.478 e. The zero-order valence-corrected chi connectivity index (χ0v) is 10.4. The second-order valence-electron chi connectivity index (χ2n) is 4.26. The summed E-state index contributed by atoms with van der Waals surface area (Å²) in [7, 11) is 0. The quantitative estimate of drug-likeness (QED) is 0.761. The van der Waals surface area contributed by atoms with E-state index in [1.165, 1.54) is 18.3 Å². The Labute approximate surface area is 114 Å². The SMILES string of the molecule is O=C(O)c1ccnc(Nc2cccc3cnccc23)c1. The summed E-state index contributed by atoms with van der Waals surface area (Å²) in [5.41, 5.74) is 1.06. The second-order valence-corrected chi connectivity index (χ2v) is 4.26. The van der Waals surface area contributed by atoms with Crippen LogP contribution in [0.15, 0.2) is 55.0 Å². The molecule has 2 heterocycles. The highest BCUT2D eigenvalue weighted by Gasteiger charge is 2.06. The number of benzene rings is 1. The first kappa shape index (κ1) is 12.1. The van der Waals surface area contributed by atoms with E-state index in [-0.39, 0.29) is 5.56 Å². The van der Waals surface area contributed by atoms with Gasteiger partial charge in [-0.25, -0.2) is 9.78 Å². The van der Waals surface area contributed by atoms with Gasteiger partial charge in [-0.05, 0) is 24.3 Å². The molecule has 0 fully saturated rings. The van der Waals surface area contributed by atoms with E-state index >= 15 is 0 Å². The fourth-order valence-electron chi connectivity index (χ4n) is 2.00. The molecule has 0 aliphatic heterocycles. The van der Waals surface area contributed by atoms with Gasteiger partial charge in [0.1, 0.15) is 5.82 Å². The molecule has 0 saturated heterocycles. The number of aromatic carboxylic acids is 1. The Morgan fingerprint density at radius 2 is 2.05 bits per heavy atom. The number of hydrogen-bond donors (Lipinski definition) is 2. The van der Waals surface area contributed by atoms with Crippen LogP contribution in [-0.2, 0) is 0 Å². The number of fused-ring (bicyclic) bond motifs is 1. The summed E-state index contributed by atoms with van der Waals surface area (Å²) in [4.78, 5) is 19.2. The molecule has 0 amide bonds. The van der Waals surface area contributed by atoms with Crippen LogP contribution in [0.4, 0.5) is 11.5 Å². The molecule has 2 aromatic heterocycles. The van der Waals surface area contributed by atoms with Crippen molar-refractivity contribution in [1.82, 2.24) is 9.97 Å². The normalized spacial score (nSPS) is 10.4. The van der Waals surface area contributed by atoms with Gasteiger partial charge in [0.25, 0.3) is 0 Å². The lowest BCUT2D eigenvalue weighted by Gasteiger charge is -2.09. The van der Waals surface area contributed by atoms with Crippen LogP contribution in [-0.4, -0.2) is 21.0 Å². The third-order valence-corrected chi connectivity index (χ3v) is 2.95. The van der Waals surface area contributed by atoms with E-state index in [9.17, 15) is 4.79 Å². The van der Waals surface area contributed by atoms with E-state index in [1.807, 2.05) is 24.3 Å². The maximum absolute atomic E-state index is 11.0. The maximum atomic E-state index is 11.0. The first-order valence-electron chi connectivity index (χ1n) is 6.03. The topological polar surface area (TPSA) is 75.1 Å². The van der Waals surface area contributed by atoms with Crippen molar-refractivity contribution in [3.63, 3.8) is 0 Å². The molecule has 0 radical (unpaired) electrons. The molecule has 3 rings (SSSR count). The van der Waals surface area contributed by atoms with Crippen molar-refractivity contribution in [1.29, 1.82) is 0 Å². The second kappa shape index (κ2) is 4.97. The van der Waals surface area contributed by atoms with Crippen molar-refractivity contribution in [2.45, 2.75) is 0 Å². The van der Waals surface area contributed by atoms with Crippen LogP contribution < -0.4 is 5.32 Å². The maximum Gasteiger partial charge on any atom is 0.335 e. The Kier molecular flexibility index (Phi) is 3.01. The Hall–Kier alpha value is -2.95. The van der Waals surface area contributed by atoms with Gasteiger partial charge >= 0.3 is 5.97 Å². The first-order chi connectivity index (χ1) is 9.74. The van der Waals surface area contributed by atoms with Crippen molar-refractivity contribution in [2.24, 2.45) is 0 Å². The monoisotopic (exact) mass is 265 g/mol. The van der Waals surface area contributed by atoms with Gasteiger partial charge in [0.05, 0.1) is 5.56 Å². The van der Waals surface area contributed by atoms with E-state index in [2.05, 4.69) is 15.3 Å². The minimum Gasteiger partial charge on any atom is -0.478 e. The van der Waals surface area contributed by atoms with Crippen LogP contribution in [0.1, 0.15) is 10.4 Å². The van der Waals surface area contributed by atoms with Crippen LogP contribution in [0.5, 0.6) is 0 Å². The fourth-order valence-corrected chi connectivity index (χ4v) is 2.00. The minimum atomic E-state index is -0.974. The van der Waals surface area contributed by atoms with E-state index < -0.39 is 5.97 Å². The molecular formula is C15H11N3O2. The van der Waals surface area contributed by atoms with E-state index in [1.54, 1.807) is 12.4 Å². The summed E-state index contributed by atoms with van der Waals surface area (Å²) in [6.07, 6.45) is 4.97. The number of nitrogens with one attached hydrogen (secondary N) is 1. The van der Waals surface area contributed by atoms with E-state index in [0.717, 1.165) is 16.5 Å². The highest BCUT2D eigenvalue weighted by atomic mass is 16.4. The molecule has 0 aliphatic rings. The van der Waals surface area contributed by atoms with Gasteiger partial charge in [0.2, 0.25) is 0 Å². The molecule has 0 aliphatic carbocycles. The zero-order chi connectivity index (χ0) is 13.9. The summed E-state index contributed by atoms with van der Waals surface area (Å²) in [5.74, 6) is -0.480. The van der Waals surface area contributed by atoms with Crippen molar-refractivity contribution in [3.8, 4) is 0 Å². The van der Waals surface area contributed by atoms with Crippen LogP contribution in [0, 0.1) is 0 Å². The fraction of sp³-hybridized carbons (Fsp3) is 0. The molecule has 0 unspecified atom stereocenters. The van der Waals surface area contributed by atoms with Crippen molar-refractivity contribution < 1.29 is 9.90 Å². The Morgan fingerprint density at radius 3 is 2.90 bits per heavy atom. The van der Waals surface area contributed by atoms with Gasteiger partial charge in [-0.15, -0.1) is 0 Å². The predicted molar refractivity (Wildman–Crippen MR) is 76.2 cm³/mol. The number of carboxylic acid groups (broad SMARTS) is 1. The molecule has 5 heteroatoms. The summed E-state index contributed by atoms with van der Waals surface area (Å²) < 4.78 is 0. The number of rotatable bonds is 3. The summed E-state index contributed by atoms with van der Waals surface area (Å²) in [6, 6.07) is 10.7. The third kappa shape index (κ3) is 2.29. The third-order valence-electron chi connectivity index (χ3n) is 2.95. The van der Waals surface area contributed by atoms with Crippen LogP contribution in [0.25, 0.3) is 10.8 Å². The van der Waals surface area contributed by atoms with Crippen molar-refractivity contribution in [3.05, 3.63) is 60.6 Å². The lowest BCUT2D eigenvalue weighted by atomic mass is 10.1. The molecule has 3 aromatic rings. The minimum absolute atomic E-state index is 0.199. The molecule has 0 atom stereocenters. The van der Waals surface area contributed by atoms with Gasteiger partial charge in [0.15, 0.2) is 0 Å². The molecule has 2 N–H and O–H groups in total. The van der Waals surface area contributed by atoms with Gasteiger partial charge in [-0.3, -0.25) is 4.98 Å². The zero-order valence-electron chi connectivity index (χ0n) is 10.4. The molecule has 0 saturated carbocycles. The van der Waals surface area contributed by atoms with Gasteiger partial charge in [-0.2, -0.15) is 0 Å². The summed E-state index contributed by atoms with van der Waals surface area (Å²) >= 11 is 0. The number of anilines is 2. The smallest absolute Gasteiger partial charge is 0.335 e. The Morgan fingerprint density at radius 1 is 1.15 bits per heavy atom. The number of carbonyl (C=O) groups is 1. The van der Waals surface area contributed by atoms with Crippen molar-refractivity contribution in [2.75, 3.05) is 5.32 Å². The predicted octanol–water partition coefficient (Wildman–Crippen LogP) is 3.07. The highest BCUT2D eigenvalue weighted by Crippen LogP contribution is 2.25. The lowest BCUT2D eigenvalue weighted by Crippen LogP contribution is -2.00. The number of hydrogen-bond acceptors (Lipinski definition) is 4. The van der Waals surface area contributed by atoms with Gasteiger partial charge in [0, 0.05) is 35.1 Å². The lowest BCUT2D eigenvalue weighted by molar-refractivity contribution is 0.0697. The van der Waals surface area contributed by atoms with Crippen LogP contribution in [0.3, 0.4) is 0 Å². The standard InChI is InChI=1S/C15H11N3O2/c19-15(20)10-4-7-17-14(8-10)18-13-3-1-2-11-9-16-6-5-12(11)13/h1-9H,(H,17,18)(H,19,20). The summed E-state index contributed by atoms with van der Waals surface area (Å²) in [6.45, 7) is 0. The Bertz CT molecular complexity index is 781. The van der Waals surface area contributed by atoms with Crippen molar-refractivity contribution >= 4 is 28.2 Å². The number of carboxylic acids is 1. The average molecular weight is 265 g/mol. The molecule has 1 aromatic carbocycles. The number of nitrogens with zero attached hydrogens (tertiary/aromatic N) is 2. The van der Waals surface area contributed by atoms with Gasteiger partial charge in [-0.1, -0.05) is 12.1 Å². The molecule has 0 spiro atoms. The molecule has 0 bridgehead atoms. The van der Waals surface area contributed by atoms with Crippen LogP contribution in [0.2, 0.25) is 0 Å². The van der Waals surface area contributed by atoms with Crippen LogP contribution >= 0.6 is 0 Å². The molecular weight excluding hydrogens is 254 g/mol. The van der Waals surface area contributed by atoms with Gasteiger partial charge < -0.3 is 10.4 Å². The van der Waals surface area contributed by atoms with E-state index in [4.69, 9.17) is 5.11 Å². The van der Waals surface area contributed by atoms with E-state index in [0.29, 0.717) is 5.82 Å². The number of pyridine rings is 2. The highest BCUT2D eigenvalue weighted by molar-refractivity contribution is 5.95. The summed E-state index contributed by atoms with van der Waals surface area (Å²) in [5, 5.41) is 14.1. The molecule has 98 valence electrons. The Balaban J connectivity index is 2.01. The number of aromatic nitrogens is 2. The first-order valence-corrected chi connectivity index (χ1v) is 6.03. The average Bonchev–Trinajstić information content (AvgIpc) is 2.48. The molecule has 20 heavy (non-hydrogen) atoms.